The molecule has 1 fully saturated rings. The van der Waals surface area contributed by atoms with Gasteiger partial charge < -0.3 is 19.2 Å². The minimum Gasteiger partial charge on any atom is -0.493 e. The quantitative estimate of drug-likeness (QED) is 0.345. The highest BCUT2D eigenvalue weighted by molar-refractivity contribution is 7.89. The monoisotopic (exact) mass is 537 g/mol. The smallest absolute Gasteiger partial charge is 0.277 e. The van der Waals surface area contributed by atoms with Gasteiger partial charge in [-0.25, -0.2) is 23.4 Å². The topological polar surface area (TPSA) is 126 Å². The number of H-pyrrole nitrogens is 1. The number of benzene rings is 1. The summed E-state index contributed by atoms with van der Waals surface area (Å²) < 4.78 is 36.4. The van der Waals surface area contributed by atoms with Crippen LogP contribution >= 0.6 is 0 Å². The molecular formula is C26H31N7O4S. The maximum atomic E-state index is 13.6. The molecule has 0 spiro atoms. The first-order valence-corrected chi connectivity index (χ1v) is 14.2. The van der Waals surface area contributed by atoms with Crippen molar-refractivity contribution in [3.05, 3.63) is 59.3 Å². The third kappa shape index (κ3) is 5.01. The normalized spacial score (nSPS) is 14.7. The second-order valence-electron chi connectivity index (χ2n) is 9.11. The molecule has 0 bridgehead atoms. The number of ether oxygens (including phenoxy) is 1. The molecule has 0 amide bonds. The van der Waals surface area contributed by atoms with E-state index in [1.807, 2.05) is 32.0 Å². The van der Waals surface area contributed by atoms with Gasteiger partial charge in [0, 0.05) is 38.9 Å². The van der Waals surface area contributed by atoms with Crippen LogP contribution in [0.4, 0.5) is 5.82 Å². The number of sulfonamides is 1. The van der Waals surface area contributed by atoms with Crippen LogP contribution in [-0.2, 0) is 16.6 Å². The zero-order valence-corrected chi connectivity index (χ0v) is 22.3. The van der Waals surface area contributed by atoms with E-state index in [9.17, 15) is 13.2 Å². The Morgan fingerprint density at radius 2 is 1.84 bits per heavy atom. The molecule has 0 saturated carbocycles. The van der Waals surface area contributed by atoms with Gasteiger partial charge in [-0.15, -0.1) is 0 Å². The molecule has 38 heavy (non-hydrogen) atoms. The highest BCUT2D eigenvalue weighted by atomic mass is 32.2. The Morgan fingerprint density at radius 3 is 2.55 bits per heavy atom. The number of anilines is 1. The zero-order chi connectivity index (χ0) is 26.7. The molecule has 12 heteroatoms. The van der Waals surface area contributed by atoms with Crippen molar-refractivity contribution in [1.82, 2.24) is 28.8 Å². The summed E-state index contributed by atoms with van der Waals surface area (Å²) in [5.41, 5.74) is 0.755. The molecular weight excluding hydrogens is 506 g/mol. The fourth-order valence-corrected chi connectivity index (χ4v) is 6.01. The summed E-state index contributed by atoms with van der Waals surface area (Å²) in [6.07, 6.45) is 4.94. The van der Waals surface area contributed by atoms with Gasteiger partial charge in [0.2, 0.25) is 10.0 Å². The summed E-state index contributed by atoms with van der Waals surface area (Å²) in [4.78, 5) is 31.2. The van der Waals surface area contributed by atoms with Gasteiger partial charge >= 0.3 is 0 Å². The van der Waals surface area contributed by atoms with E-state index in [2.05, 4.69) is 24.8 Å². The highest BCUT2D eigenvalue weighted by Gasteiger charge is 2.30. The first-order chi connectivity index (χ1) is 18.4. The minimum atomic E-state index is -3.80. The highest BCUT2D eigenvalue weighted by Crippen LogP contribution is 2.32. The van der Waals surface area contributed by atoms with E-state index in [-0.39, 0.29) is 16.3 Å². The van der Waals surface area contributed by atoms with Crippen molar-refractivity contribution in [3.63, 3.8) is 0 Å². The molecule has 1 aliphatic rings. The van der Waals surface area contributed by atoms with Crippen LogP contribution in [0.25, 0.3) is 22.6 Å². The van der Waals surface area contributed by atoms with Crippen LogP contribution in [0.1, 0.15) is 26.7 Å². The van der Waals surface area contributed by atoms with Gasteiger partial charge in [0.25, 0.3) is 5.56 Å². The number of nitrogens with one attached hydrogen (secondary N) is 1. The van der Waals surface area contributed by atoms with E-state index in [0.29, 0.717) is 61.8 Å². The largest absolute Gasteiger partial charge is 0.493 e. The molecule has 0 unspecified atom stereocenters. The second kappa shape index (κ2) is 10.9. The van der Waals surface area contributed by atoms with Gasteiger partial charge in [-0.2, -0.15) is 4.31 Å². The van der Waals surface area contributed by atoms with Crippen molar-refractivity contribution in [2.75, 3.05) is 37.7 Å². The Bertz CT molecular complexity index is 1580. The lowest BCUT2D eigenvalue weighted by Gasteiger charge is -2.34. The van der Waals surface area contributed by atoms with Crippen molar-refractivity contribution in [2.24, 2.45) is 0 Å². The molecule has 4 aromatic rings. The van der Waals surface area contributed by atoms with Crippen LogP contribution in [0.5, 0.6) is 5.75 Å². The Hall–Kier alpha value is -3.77. The Labute approximate surface area is 221 Å². The number of aryl methyl sites for hydroxylation is 1. The van der Waals surface area contributed by atoms with Gasteiger partial charge in [0.05, 0.1) is 23.4 Å². The molecule has 4 heterocycles. The molecule has 0 radical (unpaired) electrons. The van der Waals surface area contributed by atoms with Crippen molar-refractivity contribution in [3.8, 4) is 17.1 Å². The zero-order valence-electron chi connectivity index (χ0n) is 21.5. The maximum Gasteiger partial charge on any atom is 0.277 e. The lowest BCUT2D eigenvalue weighted by Crippen LogP contribution is -2.48. The number of imidazole rings is 1. The first-order valence-electron chi connectivity index (χ1n) is 12.8. The Morgan fingerprint density at radius 1 is 1.03 bits per heavy atom. The molecule has 1 N–H and O–H groups in total. The van der Waals surface area contributed by atoms with Crippen LogP contribution in [-0.4, -0.2) is 70.0 Å². The van der Waals surface area contributed by atoms with Crippen LogP contribution in [0.2, 0.25) is 0 Å². The number of pyridine rings is 1. The third-order valence-electron chi connectivity index (χ3n) is 6.47. The average molecular weight is 538 g/mol. The van der Waals surface area contributed by atoms with Crippen molar-refractivity contribution in [1.29, 1.82) is 0 Å². The van der Waals surface area contributed by atoms with Gasteiger partial charge in [-0.3, -0.25) is 4.79 Å². The summed E-state index contributed by atoms with van der Waals surface area (Å²) in [5, 5.41) is 0. The number of piperazine rings is 1. The molecule has 200 valence electrons. The Kier molecular flexibility index (Phi) is 7.43. The number of aromatic nitrogens is 5. The SMILES string of the molecule is CCCOc1ccc(S(=O)(=O)N2CCN(c3ccccn3)CC2)cc1-c1nc2ncn(CCC)c2c(=O)[nH]1. The fraction of sp³-hybridized carbons (Fsp3) is 0.385. The van der Waals surface area contributed by atoms with Gasteiger partial charge in [-0.05, 0) is 43.2 Å². The first kappa shape index (κ1) is 25.9. The van der Waals surface area contributed by atoms with E-state index in [1.165, 1.54) is 10.4 Å². The second-order valence-corrected chi connectivity index (χ2v) is 11.0. The number of fused-ring (bicyclic) bond motifs is 1. The molecule has 1 aromatic carbocycles. The number of aromatic amines is 1. The van der Waals surface area contributed by atoms with E-state index >= 15 is 0 Å². The molecule has 0 aliphatic carbocycles. The van der Waals surface area contributed by atoms with Gasteiger partial charge in [-0.1, -0.05) is 19.9 Å². The maximum absolute atomic E-state index is 13.6. The number of hydrogen-bond acceptors (Lipinski definition) is 8. The Balaban J connectivity index is 1.48. The van der Waals surface area contributed by atoms with Crippen LogP contribution in [0.15, 0.2) is 58.6 Å². The molecule has 11 nitrogen and oxygen atoms in total. The number of hydrogen-bond donors (Lipinski definition) is 1. The van der Waals surface area contributed by atoms with E-state index < -0.39 is 10.0 Å². The third-order valence-corrected chi connectivity index (χ3v) is 8.36. The van der Waals surface area contributed by atoms with Crippen LogP contribution in [0, 0.1) is 0 Å². The number of rotatable bonds is 9. The van der Waals surface area contributed by atoms with Crippen LogP contribution < -0.4 is 15.2 Å². The molecule has 1 aliphatic heterocycles. The van der Waals surface area contributed by atoms with Crippen molar-refractivity contribution >= 4 is 27.0 Å². The van der Waals surface area contributed by atoms with Gasteiger partial charge in [0.1, 0.15) is 17.4 Å². The lowest BCUT2D eigenvalue weighted by atomic mass is 10.2. The van der Waals surface area contributed by atoms with Crippen molar-refractivity contribution in [2.45, 2.75) is 38.1 Å². The minimum absolute atomic E-state index is 0.113. The number of nitrogens with zero attached hydrogens (tertiary/aromatic N) is 6. The summed E-state index contributed by atoms with van der Waals surface area (Å²) in [6, 6.07) is 10.4. The summed E-state index contributed by atoms with van der Waals surface area (Å²) in [7, 11) is -3.80. The molecule has 1 saturated heterocycles. The van der Waals surface area contributed by atoms with E-state index in [4.69, 9.17) is 4.74 Å². The predicted octanol–water partition coefficient (Wildman–Crippen LogP) is 2.89. The molecule has 0 atom stereocenters. The van der Waals surface area contributed by atoms with Gasteiger partial charge in [0.15, 0.2) is 11.2 Å². The van der Waals surface area contributed by atoms with E-state index in [1.54, 1.807) is 29.2 Å². The summed E-state index contributed by atoms with van der Waals surface area (Å²) in [5.74, 6) is 1.49. The molecule has 5 rings (SSSR count). The van der Waals surface area contributed by atoms with E-state index in [0.717, 1.165) is 18.7 Å². The van der Waals surface area contributed by atoms with Crippen LogP contribution in [0.3, 0.4) is 0 Å². The summed E-state index contributed by atoms with van der Waals surface area (Å²) >= 11 is 0. The predicted molar refractivity (Wildman–Crippen MR) is 145 cm³/mol. The summed E-state index contributed by atoms with van der Waals surface area (Å²) in [6.45, 7) is 6.81. The molecule has 3 aromatic heterocycles. The lowest BCUT2D eigenvalue weighted by molar-refractivity contribution is 0.318. The van der Waals surface area contributed by atoms with Crippen molar-refractivity contribution < 1.29 is 13.2 Å². The average Bonchev–Trinajstić information content (AvgIpc) is 3.35. The fourth-order valence-electron chi connectivity index (χ4n) is 4.56. The standard InChI is InChI=1S/C26H31N7O4S/c1-3-11-32-18-28-25-23(32)26(34)30-24(29-25)20-17-19(8-9-21(20)37-16-4-2)38(35,36)33-14-12-31(13-15-33)22-7-5-6-10-27-22/h5-10,17-18H,3-4,11-16H2,1-2H3,(H,29,30,34).